The van der Waals surface area contributed by atoms with Crippen LogP contribution in [0.3, 0.4) is 0 Å². The van der Waals surface area contributed by atoms with Gasteiger partial charge in [0.05, 0.1) is 25.7 Å². The molecular formula is C60H74Cl3N5O7S. The van der Waals surface area contributed by atoms with Gasteiger partial charge in [-0.3, -0.25) is 14.5 Å². The van der Waals surface area contributed by atoms with Gasteiger partial charge in [0.25, 0.3) is 5.91 Å². The molecule has 1 aromatic heterocycles. The van der Waals surface area contributed by atoms with Crippen molar-refractivity contribution in [2.24, 2.45) is 0 Å². The third-order valence-corrected chi connectivity index (χ3v) is 17.6. The second-order valence-electron chi connectivity index (χ2n) is 21.4. The van der Waals surface area contributed by atoms with E-state index in [-0.39, 0.29) is 66.1 Å². The van der Waals surface area contributed by atoms with Gasteiger partial charge in [-0.2, -0.15) is 5.26 Å². The highest BCUT2D eigenvalue weighted by Gasteiger charge is 2.38. The predicted molar refractivity (Wildman–Crippen MR) is 308 cm³/mol. The Balaban J connectivity index is 1.25. The molecule has 0 bridgehead atoms. The molecule has 1 unspecified atom stereocenters. The van der Waals surface area contributed by atoms with Crippen LogP contribution in [0.1, 0.15) is 190 Å². The van der Waals surface area contributed by atoms with Gasteiger partial charge < -0.3 is 14.5 Å². The third-order valence-electron chi connectivity index (χ3n) is 15.1. The van der Waals surface area contributed by atoms with Gasteiger partial charge in [0, 0.05) is 29.4 Å². The Kier molecular flexibility index (Phi) is 21.2. The number of benzene rings is 4. The Labute approximate surface area is 465 Å². The number of nitrogens with zero attached hydrogens (tertiary/aromatic N) is 3. The van der Waals surface area contributed by atoms with E-state index in [2.05, 4.69) is 76.7 Å². The molecule has 1 saturated carbocycles. The fourth-order valence-corrected chi connectivity index (χ4v) is 10.9. The summed E-state index contributed by atoms with van der Waals surface area (Å²) in [5.74, 6) is -1.80. The Hall–Kier alpha value is -5.23. The summed E-state index contributed by atoms with van der Waals surface area (Å²) in [5.41, 5.74) is 5.03. The van der Waals surface area contributed by atoms with Crippen molar-refractivity contribution in [3.63, 3.8) is 0 Å². The number of carbonyl (C=O) groups excluding carboxylic acids is 3. The summed E-state index contributed by atoms with van der Waals surface area (Å²) < 4.78 is 42.0. The van der Waals surface area contributed by atoms with Gasteiger partial charge in [-0.05, 0) is 127 Å². The SMILES string of the molecule is CCCCCCCCCCCCNS(=O)(=O)c1ccc(Cl)c(NC(=O)C(OC(=O)N(c2ccc(/C=C(\C#N)c3nc4cc(C(C)(C)CC)cc(C(C)(C)CC)c4o3)c(C)c2)C2CCCC2)C(=O)c2ccc(Cl)c(Cl)c2)c1. The van der Waals surface area contributed by atoms with Crippen molar-refractivity contribution in [2.75, 3.05) is 16.8 Å². The van der Waals surface area contributed by atoms with Crippen LogP contribution in [-0.2, 0) is 30.4 Å². The monoisotopic (exact) mass is 1110 g/mol. The first kappa shape index (κ1) is 60.0. The molecule has 0 spiro atoms. The number of halogens is 3. The summed E-state index contributed by atoms with van der Waals surface area (Å²) in [7, 11) is -4.03. The van der Waals surface area contributed by atoms with Gasteiger partial charge in [0.1, 0.15) is 17.2 Å². The van der Waals surface area contributed by atoms with Crippen molar-refractivity contribution >= 4 is 96.7 Å². The largest absolute Gasteiger partial charge is 0.435 e. The average molecular weight is 1120 g/mol. The van der Waals surface area contributed by atoms with Crippen molar-refractivity contribution in [2.45, 2.75) is 186 Å². The lowest BCUT2D eigenvalue weighted by atomic mass is 9.76. The number of hydrogen-bond donors (Lipinski definition) is 2. The Bertz CT molecular complexity index is 3060. The second-order valence-corrected chi connectivity index (χ2v) is 24.3. The number of allylic oxidation sites excluding steroid dienone is 1. The Morgan fingerprint density at radius 2 is 1.47 bits per heavy atom. The number of nitrogens with one attached hydrogen (secondary N) is 2. The Morgan fingerprint density at radius 1 is 0.829 bits per heavy atom. The molecule has 2 N–H and O–H groups in total. The van der Waals surface area contributed by atoms with E-state index in [4.69, 9.17) is 48.9 Å². The number of aryl methyl sites for hydroxylation is 1. The van der Waals surface area contributed by atoms with E-state index in [1.54, 1.807) is 24.3 Å². The summed E-state index contributed by atoms with van der Waals surface area (Å²) >= 11 is 19.1. The highest BCUT2D eigenvalue weighted by atomic mass is 35.5. The second kappa shape index (κ2) is 26.9. The van der Waals surface area contributed by atoms with Crippen LogP contribution in [-0.4, -0.2) is 49.9 Å². The van der Waals surface area contributed by atoms with Crippen LogP contribution in [0, 0.1) is 18.3 Å². The van der Waals surface area contributed by atoms with Crippen LogP contribution >= 0.6 is 34.8 Å². The number of aromatic nitrogens is 1. The minimum absolute atomic E-state index is 0.0164. The molecule has 12 nitrogen and oxygen atoms in total. The highest BCUT2D eigenvalue weighted by molar-refractivity contribution is 7.89. The highest BCUT2D eigenvalue weighted by Crippen LogP contribution is 2.40. The molecule has 0 radical (unpaired) electrons. The molecule has 76 heavy (non-hydrogen) atoms. The van der Waals surface area contributed by atoms with E-state index in [1.807, 2.05) is 6.92 Å². The van der Waals surface area contributed by atoms with E-state index in [0.717, 1.165) is 56.1 Å². The first-order valence-electron chi connectivity index (χ1n) is 26.9. The summed E-state index contributed by atoms with van der Waals surface area (Å²) in [6.45, 7) is 17.4. The minimum atomic E-state index is -4.03. The number of rotatable bonds is 26. The minimum Gasteiger partial charge on any atom is -0.435 e. The molecule has 2 amide bonds. The number of ether oxygens (including phenoxy) is 1. The number of ketones is 1. The lowest BCUT2D eigenvalue weighted by Gasteiger charge is -2.30. The van der Waals surface area contributed by atoms with Gasteiger partial charge >= 0.3 is 6.09 Å². The number of amides is 2. The molecule has 1 atom stereocenters. The molecule has 408 valence electrons. The number of sulfonamides is 1. The van der Waals surface area contributed by atoms with E-state index in [0.29, 0.717) is 47.2 Å². The van der Waals surface area contributed by atoms with Crippen molar-refractivity contribution in [1.29, 1.82) is 5.26 Å². The van der Waals surface area contributed by atoms with E-state index < -0.39 is 33.9 Å². The zero-order valence-corrected chi connectivity index (χ0v) is 48.4. The van der Waals surface area contributed by atoms with Crippen molar-refractivity contribution in [1.82, 2.24) is 9.71 Å². The molecule has 0 saturated heterocycles. The summed E-state index contributed by atoms with van der Waals surface area (Å²) in [4.78, 5) is 49.6. The van der Waals surface area contributed by atoms with Crippen LogP contribution in [0.25, 0.3) is 22.7 Å². The fraction of sp³-hybridized carbons (Fsp3) is 0.483. The number of hydrogen-bond acceptors (Lipinski definition) is 9. The molecule has 1 heterocycles. The van der Waals surface area contributed by atoms with Gasteiger partial charge in [-0.25, -0.2) is 22.9 Å². The molecule has 5 aromatic rings. The number of nitriles is 1. The number of carbonyl (C=O) groups is 3. The quantitative estimate of drug-likeness (QED) is 0.0237. The first-order valence-corrected chi connectivity index (χ1v) is 29.5. The first-order chi connectivity index (χ1) is 36.1. The lowest BCUT2D eigenvalue weighted by Crippen LogP contribution is -2.46. The normalized spacial score (nSPS) is 13.9. The number of Topliss-reactive ketones (excluding diaryl/α,β-unsaturated/α-hetero) is 1. The molecule has 0 aliphatic heterocycles. The number of anilines is 2. The maximum absolute atomic E-state index is 14.7. The van der Waals surface area contributed by atoms with Gasteiger partial charge in [0.15, 0.2) is 5.58 Å². The number of unbranched alkanes of at least 4 members (excludes halogenated alkanes) is 9. The summed E-state index contributed by atoms with van der Waals surface area (Å²) in [5, 5.41) is 13.3. The molecule has 16 heteroatoms. The fourth-order valence-electron chi connectivity index (χ4n) is 9.39. The number of fused-ring (bicyclic) bond motifs is 1. The standard InChI is InChI=1S/C60H74Cl3N5O7S/c1-9-12-13-14-15-16-17-18-19-22-31-65-76(72,73)46-28-30-49(62)51(37-46)66-56(70)55(53(69)41-26-29-48(61)50(63)34-41)75-58(71)68(44-23-20-21-24-44)45-27-25-40(39(4)32-45)33-42(38-64)57-67-52-36-43(59(5,6)10-2)35-47(54(52)74-57)60(7,8)11-3/h25-30,32-37,44,55,65H,9-24,31H2,1-8H3,(H,66,70)/b42-33+. The summed E-state index contributed by atoms with van der Waals surface area (Å²) in [6, 6.07) is 19.4. The van der Waals surface area contributed by atoms with Crippen molar-refractivity contribution in [3.8, 4) is 6.07 Å². The summed E-state index contributed by atoms with van der Waals surface area (Å²) in [6.07, 6.45) is 14.4. The molecule has 1 fully saturated rings. The lowest BCUT2D eigenvalue weighted by molar-refractivity contribution is -0.122. The average Bonchev–Trinajstić information content (AvgIpc) is 4.09. The van der Waals surface area contributed by atoms with Crippen LogP contribution in [0.2, 0.25) is 15.1 Å². The maximum Gasteiger partial charge on any atom is 0.415 e. The van der Waals surface area contributed by atoms with E-state index >= 15 is 0 Å². The van der Waals surface area contributed by atoms with Crippen LogP contribution < -0.4 is 14.9 Å². The van der Waals surface area contributed by atoms with Gasteiger partial charge in [0.2, 0.25) is 27.8 Å². The van der Waals surface area contributed by atoms with E-state index in [1.165, 1.54) is 79.8 Å². The predicted octanol–water partition coefficient (Wildman–Crippen LogP) is 16.5. The zero-order valence-electron chi connectivity index (χ0n) is 45.3. The Morgan fingerprint density at radius 3 is 2.09 bits per heavy atom. The molecule has 4 aromatic carbocycles. The van der Waals surface area contributed by atoms with Crippen molar-refractivity contribution < 1.29 is 32.0 Å². The van der Waals surface area contributed by atoms with Crippen LogP contribution in [0.5, 0.6) is 0 Å². The van der Waals surface area contributed by atoms with Gasteiger partial charge in [-0.1, -0.05) is 166 Å². The van der Waals surface area contributed by atoms with Gasteiger partial charge in [-0.15, -0.1) is 0 Å². The molecule has 1 aliphatic carbocycles. The smallest absolute Gasteiger partial charge is 0.415 e. The van der Waals surface area contributed by atoms with E-state index in [9.17, 15) is 28.1 Å². The molecular weight excluding hydrogens is 1040 g/mol. The zero-order chi connectivity index (χ0) is 55.4. The van der Waals surface area contributed by atoms with Crippen LogP contribution in [0.15, 0.2) is 76.0 Å². The molecule has 1 aliphatic rings. The maximum atomic E-state index is 14.7. The number of oxazole rings is 1. The topological polar surface area (TPSA) is 172 Å². The third kappa shape index (κ3) is 15.1. The van der Waals surface area contributed by atoms with Crippen LogP contribution in [0.4, 0.5) is 16.2 Å². The van der Waals surface area contributed by atoms with Crippen molar-refractivity contribution in [3.05, 3.63) is 116 Å². The molecule has 6 rings (SSSR count).